The van der Waals surface area contributed by atoms with E-state index in [2.05, 4.69) is 5.32 Å². The van der Waals surface area contributed by atoms with Gasteiger partial charge in [-0.3, -0.25) is 9.69 Å². The van der Waals surface area contributed by atoms with E-state index in [1.54, 1.807) is 4.90 Å². The lowest BCUT2D eigenvalue weighted by atomic mass is 10.1. The molecule has 1 fully saturated rings. The molecule has 5 heteroatoms. The third-order valence-corrected chi connectivity index (χ3v) is 3.18. The number of hydrogen-bond donors (Lipinski definition) is 1. The average molecular weight is 298 g/mol. The summed E-state index contributed by atoms with van der Waals surface area (Å²) in [6.07, 6.45) is 3.22. The Morgan fingerprint density at radius 1 is 1.05 bits per heavy atom. The molecule has 2 amide bonds. The number of hydrogen-bond acceptors (Lipinski definition) is 3. The minimum Gasteiger partial charge on any atom is -0.444 e. The summed E-state index contributed by atoms with van der Waals surface area (Å²) in [5, 5.41) is 2.98. The fourth-order valence-electron chi connectivity index (χ4n) is 2.37. The molecule has 1 aliphatic heterocycles. The van der Waals surface area contributed by atoms with Crippen molar-refractivity contribution in [2.75, 3.05) is 6.54 Å². The number of amides is 2. The first kappa shape index (κ1) is 17.8. The zero-order valence-electron chi connectivity index (χ0n) is 14.3. The summed E-state index contributed by atoms with van der Waals surface area (Å²) < 4.78 is 5.45. The van der Waals surface area contributed by atoms with Gasteiger partial charge in [0.15, 0.2) is 0 Å². The normalized spacial score (nSPS) is 20.7. The van der Waals surface area contributed by atoms with Crippen molar-refractivity contribution in [3.8, 4) is 0 Å². The van der Waals surface area contributed by atoms with Crippen molar-refractivity contribution in [3.05, 3.63) is 0 Å². The van der Waals surface area contributed by atoms with Crippen molar-refractivity contribution in [1.82, 2.24) is 10.2 Å². The molecule has 0 aromatic rings. The molecule has 0 spiro atoms. The van der Waals surface area contributed by atoms with E-state index in [0.717, 1.165) is 19.3 Å². The lowest BCUT2D eigenvalue weighted by Crippen LogP contribution is -2.54. The highest BCUT2D eigenvalue weighted by molar-refractivity contribution is 5.86. The van der Waals surface area contributed by atoms with Crippen LogP contribution in [0.4, 0.5) is 4.79 Å². The third kappa shape index (κ3) is 6.36. The van der Waals surface area contributed by atoms with Gasteiger partial charge < -0.3 is 10.1 Å². The third-order valence-electron chi connectivity index (χ3n) is 3.18. The zero-order chi connectivity index (χ0) is 16.3. The first-order valence-electron chi connectivity index (χ1n) is 7.81. The van der Waals surface area contributed by atoms with Crippen molar-refractivity contribution >= 4 is 12.0 Å². The Kier molecular flexibility index (Phi) is 5.65. The van der Waals surface area contributed by atoms with Crippen LogP contribution in [0.3, 0.4) is 0 Å². The molecular weight excluding hydrogens is 268 g/mol. The molecule has 122 valence electrons. The molecule has 1 rings (SSSR count). The summed E-state index contributed by atoms with van der Waals surface area (Å²) in [5.41, 5.74) is -0.850. The van der Waals surface area contributed by atoms with Crippen molar-refractivity contribution in [2.24, 2.45) is 0 Å². The predicted molar refractivity (Wildman–Crippen MR) is 83.1 cm³/mol. The fraction of sp³-hybridized carbons (Fsp3) is 0.875. The molecule has 0 aromatic carbocycles. The second-order valence-corrected chi connectivity index (χ2v) is 7.78. The topological polar surface area (TPSA) is 58.6 Å². The molecule has 1 heterocycles. The van der Waals surface area contributed by atoms with Gasteiger partial charge in [0, 0.05) is 12.1 Å². The summed E-state index contributed by atoms with van der Waals surface area (Å²) in [4.78, 5) is 26.5. The highest BCUT2D eigenvalue weighted by Gasteiger charge is 2.34. The summed E-state index contributed by atoms with van der Waals surface area (Å²) in [6, 6.07) is -0.429. The van der Waals surface area contributed by atoms with Crippen molar-refractivity contribution in [1.29, 1.82) is 0 Å². The Morgan fingerprint density at radius 3 is 2.19 bits per heavy atom. The van der Waals surface area contributed by atoms with Crippen LogP contribution in [-0.2, 0) is 9.53 Å². The number of nitrogens with zero attached hydrogens (tertiary/aromatic N) is 1. The number of carbonyl (C=O) groups is 2. The van der Waals surface area contributed by atoms with E-state index in [-0.39, 0.29) is 11.4 Å². The maximum atomic E-state index is 12.5. The van der Waals surface area contributed by atoms with Gasteiger partial charge in [0.1, 0.15) is 11.6 Å². The van der Waals surface area contributed by atoms with Gasteiger partial charge in [0.05, 0.1) is 0 Å². The maximum absolute atomic E-state index is 12.5. The van der Waals surface area contributed by atoms with Crippen LogP contribution in [0.1, 0.15) is 67.2 Å². The standard InChI is InChI=1S/C16H30N2O3/c1-15(2,3)17-13(19)12-10-8-7-9-11-18(12)14(20)21-16(4,5)6/h12H,7-11H2,1-6H3,(H,17,19)/t12-/m0/s1. The Bertz CT molecular complexity index is 344. The number of carbonyl (C=O) groups excluding carboxylic acids is 2. The van der Waals surface area contributed by atoms with Gasteiger partial charge in [-0.25, -0.2) is 4.79 Å². The lowest BCUT2D eigenvalue weighted by Gasteiger charge is -2.33. The molecule has 1 N–H and O–H groups in total. The number of likely N-dealkylation sites (tertiary alicyclic amines) is 1. The summed E-state index contributed by atoms with van der Waals surface area (Å²) in [7, 11) is 0. The Labute approximate surface area is 128 Å². The van der Waals surface area contributed by atoms with Crippen LogP contribution in [-0.4, -0.2) is 40.6 Å². The highest BCUT2D eigenvalue weighted by atomic mass is 16.6. The molecule has 0 unspecified atom stereocenters. The van der Waals surface area contributed by atoms with Gasteiger partial charge in [-0.1, -0.05) is 12.8 Å². The van der Waals surface area contributed by atoms with Gasteiger partial charge in [0.2, 0.25) is 5.91 Å². The number of rotatable bonds is 1. The lowest BCUT2D eigenvalue weighted by molar-refractivity contribution is -0.128. The second-order valence-electron chi connectivity index (χ2n) is 7.78. The molecule has 1 atom stereocenters. The molecular formula is C16H30N2O3. The summed E-state index contributed by atoms with van der Waals surface area (Å²) >= 11 is 0. The van der Waals surface area contributed by atoms with Crippen LogP contribution in [0.25, 0.3) is 0 Å². The number of nitrogens with one attached hydrogen (secondary N) is 1. The van der Waals surface area contributed by atoms with E-state index in [1.807, 2.05) is 41.5 Å². The Morgan fingerprint density at radius 2 is 1.67 bits per heavy atom. The minimum absolute atomic E-state index is 0.0877. The van der Waals surface area contributed by atoms with Gasteiger partial charge in [0.25, 0.3) is 0 Å². The smallest absolute Gasteiger partial charge is 0.410 e. The maximum Gasteiger partial charge on any atom is 0.410 e. The second kappa shape index (κ2) is 6.67. The van der Waals surface area contributed by atoms with Crippen LogP contribution in [0.5, 0.6) is 0 Å². The van der Waals surface area contributed by atoms with E-state index in [1.165, 1.54) is 0 Å². The molecule has 0 saturated carbocycles. The van der Waals surface area contributed by atoms with E-state index < -0.39 is 17.7 Å². The fourth-order valence-corrected chi connectivity index (χ4v) is 2.37. The van der Waals surface area contributed by atoms with Crippen LogP contribution in [0.15, 0.2) is 0 Å². The monoisotopic (exact) mass is 298 g/mol. The molecule has 0 bridgehead atoms. The first-order chi connectivity index (χ1) is 9.49. The largest absolute Gasteiger partial charge is 0.444 e. The molecule has 1 saturated heterocycles. The molecule has 0 radical (unpaired) electrons. The van der Waals surface area contributed by atoms with E-state index in [0.29, 0.717) is 13.0 Å². The molecule has 1 aliphatic rings. The van der Waals surface area contributed by atoms with Crippen LogP contribution >= 0.6 is 0 Å². The minimum atomic E-state index is -0.547. The predicted octanol–water partition coefficient (Wildman–Crippen LogP) is 3.08. The quantitative estimate of drug-likeness (QED) is 0.809. The molecule has 0 aromatic heterocycles. The van der Waals surface area contributed by atoms with E-state index >= 15 is 0 Å². The van der Waals surface area contributed by atoms with Gasteiger partial charge >= 0.3 is 6.09 Å². The Hall–Kier alpha value is -1.26. The molecule has 21 heavy (non-hydrogen) atoms. The zero-order valence-corrected chi connectivity index (χ0v) is 14.3. The van der Waals surface area contributed by atoms with E-state index in [9.17, 15) is 9.59 Å². The highest BCUT2D eigenvalue weighted by Crippen LogP contribution is 2.21. The SMILES string of the molecule is CC(C)(C)NC(=O)[C@@H]1CCCCCN1C(=O)OC(C)(C)C. The van der Waals surface area contributed by atoms with Gasteiger partial charge in [-0.2, -0.15) is 0 Å². The van der Waals surface area contributed by atoms with Crippen LogP contribution in [0, 0.1) is 0 Å². The van der Waals surface area contributed by atoms with Gasteiger partial charge in [-0.05, 0) is 54.4 Å². The van der Waals surface area contributed by atoms with Crippen molar-refractivity contribution in [3.63, 3.8) is 0 Å². The summed E-state index contributed by atoms with van der Waals surface area (Å²) in [5.74, 6) is -0.0877. The first-order valence-corrected chi connectivity index (χ1v) is 7.81. The van der Waals surface area contributed by atoms with Crippen LogP contribution < -0.4 is 5.32 Å². The van der Waals surface area contributed by atoms with Crippen LogP contribution in [0.2, 0.25) is 0 Å². The van der Waals surface area contributed by atoms with Crippen molar-refractivity contribution < 1.29 is 14.3 Å². The molecule has 0 aliphatic carbocycles. The van der Waals surface area contributed by atoms with Gasteiger partial charge in [-0.15, -0.1) is 0 Å². The van der Waals surface area contributed by atoms with Crippen molar-refractivity contribution in [2.45, 2.75) is 84.4 Å². The number of ether oxygens (including phenoxy) is 1. The average Bonchev–Trinajstić information content (AvgIpc) is 2.48. The Balaban J connectivity index is 2.85. The summed E-state index contributed by atoms with van der Waals surface area (Å²) in [6.45, 7) is 11.9. The molecule has 5 nitrogen and oxygen atoms in total. The van der Waals surface area contributed by atoms with E-state index in [4.69, 9.17) is 4.74 Å².